The van der Waals surface area contributed by atoms with E-state index >= 15 is 0 Å². The van der Waals surface area contributed by atoms with E-state index in [-0.39, 0.29) is 27.2 Å². The zero-order valence-electron chi connectivity index (χ0n) is 21.4. The Balaban J connectivity index is 2.35. The summed E-state index contributed by atoms with van der Waals surface area (Å²) in [6.45, 7) is 18.2. The average Bonchev–Trinajstić information content (AvgIpc) is 3.13. The highest BCUT2D eigenvalue weighted by Gasteiger charge is 2.28. The third kappa shape index (κ3) is 5.04. The van der Waals surface area contributed by atoms with Gasteiger partial charge >= 0.3 is 0 Å². The summed E-state index contributed by atoms with van der Waals surface area (Å²) in [6, 6.07) is 7.56. The number of phenols is 1. The van der Waals surface area contributed by atoms with Gasteiger partial charge in [-0.05, 0) is 46.9 Å². The molecule has 6 nitrogen and oxygen atoms in total. The number of nitrogens with zero attached hydrogens (tertiary/aromatic N) is 3. The van der Waals surface area contributed by atoms with Crippen LogP contribution < -0.4 is 0 Å². The summed E-state index contributed by atoms with van der Waals surface area (Å²) in [5, 5.41) is 20.5. The Kier molecular flexibility index (Phi) is 7.00. The van der Waals surface area contributed by atoms with E-state index in [0.717, 1.165) is 29.5 Å². The van der Waals surface area contributed by atoms with Gasteiger partial charge in [0.15, 0.2) is 9.84 Å². The summed E-state index contributed by atoms with van der Waals surface area (Å²) in [5.74, 6) is -0.0701. The standard InChI is InChI=1S/C27H37N3O3S/c1-9-11-12-18-13-14-21-23(25(18)34(32,33)15-10-2)29-30(28-21)22-17-19(26(3,4)5)16-20(24(22)31)27(6,7)8/h10,13-14,16-17,31H,2,9,11-12,15H2,1,3-8H3. The molecule has 0 radical (unpaired) electrons. The molecule has 7 heteroatoms. The summed E-state index contributed by atoms with van der Waals surface area (Å²) < 4.78 is 26.4. The number of unbranched alkanes of at least 4 members (excludes halogenated alkanes) is 1. The first-order chi connectivity index (χ1) is 15.7. The summed E-state index contributed by atoms with van der Waals surface area (Å²) >= 11 is 0. The molecular weight excluding hydrogens is 446 g/mol. The molecule has 0 saturated carbocycles. The largest absolute Gasteiger partial charge is 0.505 e. The molecule has 1 heterocycles. The normalized spacial score (nSPS) is 12.9. The number of aryl methyl sites for hydroxylation is 1. The number of sulfone groups is 1. The van der Waals surface area contributed by atoms with Crippen molar-refractivity contribution in [3.8, 4) is 11.4 Å². The van der Waals surface area contributed by atoms with Crippen LogP contribution in [0.3, 0.4) is 0 Å². The van der Waals surface area contributed by atoms with Crippen LogP contribution in [-0.2, 0) is 27.1 Å². The van der Waals surface area contributed by atoms with E-state index in [1.54, 1.807) is 0 Å². The molecule has 3 aromatic rings. The molecule has 0 aliphatic rings. The number of hydrogen-bond acceptors (Lipinski definition) is 5. The number of hydrogen-bond donors (Lipinski definition) is 1. The molecule has 0 saturated heterocycles. The fourth-order valence-corrected chi connectivity index (χ4v) is 5.52. The molecule has 1 N–H and O–H groups in total. The number of aromatic nitrogens is 3. The van der Waals surface area contributed by atoms with Crippen molar-refractivity contribution in [2.24, 2.45) is 0 Å². The van der Waals surface area contributed by atoms with Crippen molar-refractivity contribution in [1.82, 2.24) is 15.0 Å². The predicted octanol–water partition coefficient (Wildman–Crippen LogP) is 6.02. The van der Waals surface area contributed by atoms with Gasteiger partial charge in [-0.3, -0.25) is 0 Å². The highest BCUT2D eigenvalue weighted by molar-refractivity contribution is 7.91. The lowest BCUT2D eigenvalue weighted by atomic mass is 9.80. The number of aromatic hydroxyl groups is 1. The molecule has 3 rings (SSSR count). The monoisotopic (exact) mass is 483 g/mol. The number of rotatable bonds is 7. The van der Waals surface area contributed by atoms with Crippen LogP contribution in [0.4, 0.5) is 0 Å². The Hall–Kier alpha value is -2.67. The molecule has 0 atom stereocenters. The van der Waals surface area contributed by atoms with Gasteiger partial charge in [0.1, 0.15) is 27.4 Å². The van der Waals surface area contributed by atoms with E-state index in [9.17, 15) is 13.5 Å². The van der Waals surface area contributed by atoms with E-state index in [0.29, 0.717) is 23.1 Å². The molecule has 0 fully saturated rings. The third-order valence-corrected chi connectivity index (χ3v) is 7.77. The fraction of sp³-hybridized carbons (Fsp3) is 0.481. The predicted molar refractivity (Wildman–Crippen MR) is 139 cm³/mol. The molecule has 0 amide bonds. The van der Waals surface area contributed by atoms with Gasteiger partial charge < -0.3 is 5.11 Å². The first-order valence-electron chi connectivity index (χ1n) is 11.8. The van der Waals surface area contributed by atoms with Crippen molar-refractivity contribution in [1.29, 1.82) is 0 Å². The first kappa shape index (κ1) is 25.9. The van der Waals surface area contributed by atoms with Gasteiger partial charge in [-0.25, -0.2) is 8.42 Å². The van der Waals surface area contributed by atoms with E-state index in [2.05, 4.69) is 44.5 Å². The Morgan fingerprint density at radius 2 is 1.74 bits per heavy atom. The lowest BCUT2D eigenvalue weighted by Crippen LogP contribution is -2.18. The zero-order chi connectivity index (χ0) is 25.5. The molecule has 1 aromatic heterocycles. The number of benzene rings is 2. The Labute approximate surface area is 203 Å². The first-order valence-corrected chi connectivity index (χ1v) is 13.5. The van der Waals surface area contributed by atoms with Crippen LogP contribution >= 0.6 is 0 Å². The topological polar surface area (TPSA) is 85.1 Å². The van der Waals surface area contributed by atoms with Crippen LogP contribution in [0.1, 0.15) is 78.0 Å². The molecular formula is C27H37N3O3S. The minimum Gasteiger partial charge on any atom is -0.505 e. The maximum atomic E-state index is 13.2. The molecule has 184 valence electrons. The van der Waals surface area contributed by atoms with E-state index in [1.807, 2.05) is 45.0 Å². The summed E-state index contributed by atoms with van der Waals surface area (Å²) in [5.41, 5.74) is 3.34. The smallest absolute Gasteiger partial charge is 0.184 e. The van der Waals surface area contributed by atoms with Gasteiger partial charge in [0.25, 0.3) is 0 Å². The lowest BCUT2D eigenvalue weighted by molar-refractivity contribution is 0.438. The Bertz CT molecular complexity index is 1320. The molecule has 2 aromatic carbocycles. The Morgan fingerprint density at radius 3 is 2.29 bits per heavy atom. The lowest BCUT2D eigenvalue weighted by Gasteiger charge is -2.27. The second-order valence-corrected chi connectivity index (χ2v) is 12.9. The zero-order valence-corrected chi connectivity index (χ0v) is 22.3. The van der Waals surface area contributed by atoms with Gasteiger partial charge in [-0.15, -0.1) is 21.6 Å². The van der Waals surface area contributed by atoms with Gasteiger partial charge in [0, 0.05) is 5.56 Å². The molecule has 0 aliphatic carbocycles. The minimum absolute atomic E-state index is 0.0995. The molecule has 0 aliphatic heterocycles. The van der Waals surface area contributed by atoms with Crippen LogP contribution in [0.5, 0.6) is 5.75 Å². The van der Waals surface area contributed by atoms with Crippen molar-refractivity contribution in [2.75, 3.05) is 5.75 Å². The van der Waals surface area contributed by atoms with E-state index in [1.165, 1.54) is 10.9 Å². The van der Waals surface area contributed by atoms with Gasteiger partial charge in [-0.2, -0.15) is 0 Å². The van der Waals surface area contributed by atoms with Crippen molar-refractivity contribution < 1.29 is 13.5 Å². The second-order valence-electron chi connectivity index (χ2n) is 11.0. The van der Waals surface area contributed by atoms with Crippen molar-refractivity contribution in [2.45, 2.75) is 83.5 Å². The minimum atomic E-state index is -3.64. The molecule has 0 spiro atoms. The maximum Gasteiger partial charge on any atom is 0.184 e. The summed E-state index contributed by atoms with van der Waals surface area (Å²) in [7, 11) is -3.64. The van der Waals surface area contributed by atoms with Crippen LogP contribution in [0, 0.1) is 0 Å². The fourth-order valence-electron chi connectivity index (χ4n) is 4.03. The van der Waals surface area contributed by atoms with Crippen LogP contribution in [-0.4, -0.2) is 34.3 Å². The highest BCUT2D eigenvalue weighted by Crippen LogP contribution is 2.39. The van der Waals surface area contributed by atoms with Gasteiger partial charge in [-0.1, -0.05) is 73.1 Å². The summed E-state index contributed by atoms with van der Waals surface area (Å²) in [4.78, 5) is 1.59. The number of phenolic OH excluding ortho intramolecular Hbond substituents is 1. The van der Waals surface area contributed by atoms with E-state index in [4.69, 9.17) is 0 Å². The quantitative estimate of drug-likeness (QED) is 0.415. The second kappa shape index (κ2) is 9.17. The number of fused-ring (bicyclic) bond motifs is 1. The van der Waals surface area contributed by atoms with Crippen molar-refractivity contribution in [3.05, 3.63) is 53.6 Å². The summed E-state index contributed by atoms with van der Waals surface area (Å²) in [6.07, 6.45) is 3.87. The highest BCUT2D eigenvalue weighted by atomic mass is 32.2. The van der Waals surface area contributed by atoms with Crippen molar-refractivity contribution >= 4 is 20.9 Å². The molecule has 34 heavy (non-hydrogen) atoms. The van der Waals surface area contributed by atoms with Gasteiger partial charge in [0.2, 0.25) is 0 Å². The Morgan fingerprint density at radius 1 is 1.06 bits per heavy atom. The van der Waals surface area contributed by atoms with Crippen LogP contribution in [0.2, 0.25) is 0 Å². The molecule has 0 bridgehead atoms. The van der Waals surface area contributed by atoms with Crippen molar-refractivity contribution in [3.63, 3.8) is 0 Å². The maximum absolute atomic E-state index is 13.2. The third-order valence-electron chi connectivity index (χ3n) is 6.02. The van der Waals surface area contributed by atoms with Gasteiger partial charge in [0.05, 0.1) is 5.75 Å². The van der Waals surface area contributed by atoms with E-state index < -0.39 is 9.84 Å². The van der Waals surface area contributed by atoms with Crippen LogP contribution in [0.25, 0.3) is 16.7 Å². The van der Waals surface area contributed by atoms with Crippen LogP contribution in [0.15, 0.2) is 41.8 Å². The SMILES string of the molecule is C=CCS(=O)(=O)c1c(CCCC)ccc2nn(-c3cc(C(C)(C)C)cc(C(C)(C)C)c3O)nc12. The average molecular weight is 484 g/mol. The molecule has 0 unspecified atom stereocenters.